The maximum absolute atomic E-state index is 14.5. The van der Waals surface area contributed by atoms with Gasteiger partial charge in [0.05, 0.1) is 10.6 Å². The quantitative estimate of drug-likeness (QED) is 0.165. The van der Waals surface area contributed by atoms with Crippen LogP contribution in [0.3, 0.4) is 0 Å². The third kappa shape index (κ3) is 8.93. The third-order valence-electron chi connectivity index (χ3n) is 7.00. The number of hydrogen-bond donors (Lipinski definition) is 1. The van der Waals surface area contributed by atoms with Crippen LogP contribution in [0.5, 0.6) is 0 Å². The molecular weight excluding hydrogens is 676 g/mol. The second kappa shape index (κ2) is 15.3. The number of carbonyl (C=O) groups excluding carboxylic acids is 2. The molecule has 4 aromatic carbocycles. The average Bonchev–Trinajstić information content (AvgIpc) is 2.98. The zero-order valence-corrected chi connectivity index (χ0v) is 28.4. The van der Waals surface area contributed by atoms with E-state index in [-0.39, 0.29) is 33.6 Å². The summed E-state index contributed by atoms with van der Waals surface area (Å²) in [4.78, 5) is 29.4. The zero-order chi connectivity index (χ0) is 32.7. The Bertz CT molecular complexity index is 1750. The highest BCUT2D eigenvalue weighted by molar-refractivity contribution is 7.92. The summed E-state index contributed by atoms with van der Waals surface area (Å²) >= 11 is 25.2. The second-order valence-electron chi connectivity index (χ2n) is 10.3. The van der Waals surface area contributed by atoms with Crippen molar-refractivity contribution < 1.29 is 18.0 Å². The third-order valence-corrected chi connectivity index (χ3v) is 9.81. The van der Waals surface area contributed by atoms with E-state index in [0.717, 1.165) is 15.4 Å². The first-order chi connectivity index (χ1) is 21.4. The molecule has 0 bridgehead atoms. The number of sulfonamides is 1. The van der Waals surface area contributed by atoms with Crippen LogP contribution in [-0.4, -0.2) is 44.3 Å². The molecule has 0 radical (unpaired) electrons. The summed E-state index contributed by atoms with van der Waals surface area (Å²) in [7, 11) is -4.31. The first kappa shape index (κ1) is 34.6. The lowest BCUT2D eigenvalue weighted by molar-refractivity contribution is -0.140. The number of benzene rings is 4. The van der Waals surface area contributed by atoms with Gasteiger partial charge >= 0.3 is 0 Å². The highest BCUT2D eigenvalue weighted by Gasteiger charge is 2.35. The van der Waals surface area contributed by atoms with Crippen molar-refractivity contribution in [3.63, 3.8) is 0 Å². The van der Waals surface area contributed by atoms with E-state index in [4.69, 9.17) is 46.4 Å². The number of anilines is 1. The summed E-state index contributed by atoms with van der Waals surface area (Å²) in [6, 6.07) is 23.6. The summed E-state index contributed by atoms with van der Waals surface area (Å²) in [5, 5.41) is 3.88. The summed E-state index contributed by atoms with van der Waals surface area (Å²) in [6.07, 6.45) is 0.164. The highest BCUT2D eigenvalue weighted by Crippen LogP contribution is 2.31. The minimum absolute atomic E-state index is 0.0335. The number of rotatable bonds is 12. The summed E-state index contributed by atoms with van der Waals surface area (Å²) < 4.78 is 29.2. The Morgan fingerprint density at radius 3 is 2.07 bits per heavy atom. The van der Waals surface area contributed by atoms with E-state index in [9.17, 15) is 18.0 Å². The molecule has 1 N–H and O–H groups in total. The number of halogens is 4. The molecular formula is C33H31Cl4N3O4S. The molecule has 7 nitrogen and oxygen atoms in total. The Morgan fingerprint density at radius 2 is 1.47 bits per heavy atom. The van der Waals surface area contributed by atoms with Gasteiger partial charge in [-0.1, -0.05) is 100 Å². The molecule has 0 unspecified atom stereocenters. The van der Waals surface area contributed by atoms with Crippen LogP contribution in [0.1, 0.15) is 23.6 Å². The van der Waals surface area contributed by atoms with Crippen LogP contribution in [-0.2, 0) is 32.6 Å². The molecule has 0 saturated heterocycles. The first-order valence-electron chi connectivity index (χ1n) is 14.0. The van der Waals surface area contributed by atoms with Gasteiger partial charge in [0.2, 0.25) is 11.8 Å². The van der Waals surface area contributed by atoms with Crippen molar-refractivity contribution in [3.05, 3.63) is 128 Å². The van der Waals surface area contributed by atoms with Gasteiger partial charge in [-0.05, 0) is 67.4 Å². The molecule has 4 aromatic rings. The molecule has 236 valence electrons. The van der Waals surface area contributed by atoms with E-state index in [1.807, 2.05) is 37.3 Å². The van der Waals surface area contributed by atoms with E-state index in [0.29, 0.717) is 22.2 Å². The Balaban J connectivity index is 1.84. The number of likely N-dealkylation sites (N-methyl/N-ethyl adjacent to an activating group) is 1. The maximum atomic E-state index is 14.5. The van der Waals surface area contributed by atoms with Gasteiger partial charge in [0, 0.05) is 39.6 Å². The van der Waals surface area contributed by atoms with Crippen LogP contribution in [0.25, 0.3) is 0 Å². The van der Waals surface area contributed by atoms with Gasteiger partial charge < -0.3 is 10.2 Å². The minimum atomic E-state index is -4.31. The number of amides is 2. The Hall–Kier alpha value is -3.27. The van der Waals surface area contributed by atoms with Crippen molar-refractivity contribution in [2.45, 2.75) is 37.8 Å². The SMILES string of the molecule is CCNC(=O)[C@@H](Cc1ccccc1)N(Cc1ccc(Cl)cc1Cl)C(=O)CN(c1cc(Cl)cc(Cl)c1)S(=O)(=O)c1ccc(C)cc1. The van der Waals surface area contributed by atoms with Gasteiger partial charge in [-0.2, -0.15) is 0 Å². The second-order valence-corrected chi connectivity index (χ2v) is 13.9. The largest absolute Gasteiger partial charge is 0.355 e. The van der Waals surface area contributed by atoms with Gasteiger partial charge in [0.1, 0.15) is 12.6 Å². The number of hydrogen-bond acceptors (Lipinski definition) is 4. The fourth-order valence-corrected chi connectivity index (χ4v) is 7.11. The molecule has 0 aliphatic carbocycles. The van der Waals surface area contributed by atoms with E-state index in [1.165, 1.54) is 35.2 Å². The smallest absolute Gasteiger partial charge is 0.264 e. The van der Waals surface area contributed by atoms with Crippen LogP contribution in [0, 0.1) is 6.92 Å². The zero-order valence-electron chi connectivity index (χ0n) is 24.5. The van der Waals surface area contributed by atoms with Gasteiger partial charge in [-0.3, -0.25) is 13.9 Å². The topological polar surface area (TPSA) is 86.8 Å². The van der Waals surface area contributed by atoms with Crippen LogP contribution in [0.4, 0.5) is 5.69 Å². The molecule has 2 amide bonds. The summed E-state index contributed by atoms with van der Waals surface area (Å²) in [6.45, 7) is 3.17. The number of nitrogens with zero attached hydrogens (tertiary/aromatic N) is 2. The van der Waals surface area contributed by atoms with Crippen molar-refractivity contribution in [1.29, 1.82) is 0 Å². The van der Waals surface area contributed by atoms with Gasteiger partial charge in [-0.25, -0.2) is 8.42 Å². The van der Waals surface area contributed by atoms with E-state index >= 15 is 0 Å². The molecule has 4 rings (SSSR count). The van der Waals surface area contributed by atoms with Crippen molar-refractivity contribution >= 4 is 73.9 Å². The number of carbonyl (C=O) groups is 2. The lowest BCUT2D eigenvalue weighted by Gasteiger charge is -2.34. The molecule has 0 fully saturated rings. The molecule has 0 spiro atoms. The molecule has 45 heavy (non-hydrogen) atoms. The van der Waals surface area contributed by atoms with E-state index < -0.39 is 34.4 Å². The first-order valence-corrected chi connectivity index (χ1v) is 16.9. The fraction of sp³-hybridized carbons (Fsp3) is 0.212. The molecule has 0 aliphatic heterocycles. The molecule has 0 heterocycles. The molecule has 0 saturated carbocycles. The fourth-order valence-electron chi connectivity index (χ4n) is 4.73. The van der Waals surface area contributed by atoms with Crippen LogP contribution >= 0.6 is 46.4 Å². The maximum Gasteiger partial charge on any atom is 0.264 e. The van der Waals surface area contributed by atoms with Gasteiger partial charge in [0.15, 0.2) is 0 Å². The summed E-state index contributed by atoms with van der Waals surface area (Å²) in [5.41, 5.74) is 2.28. The molecule has 1 atom stereocenters. The van der Waals surface area contributed by atoms with Crippen LogP contribution in [0.2, 0.25) is 20.1 Å². The van der Waals surface area contributed by atoms with Crippen LogP contribution in [0.15, 0.2) is 95.9 Å². The normalized spacial score (nSPS) is 12.0. The monoisotopic (exact) mass is 705 g/mol. The van der Waals surface area contributed by atoms with Crippen LogP contribution < -0.4 is 9.62 Å². The number of aryl methyl sites for hydroxylation is 1. The van der Waals surface area contributed by atoms with Gasteiger partial charge in [0.25, 0.3) is 10.0 Å². The van der Waals surface area contributed by atoms with Gasteiger partial charge in [-0.15, -0.1) is 0 Å². The highest BCUT2D eigenvalue weighted by atomic mass is 35.5. The molecule has 0 aromatic heterocycles. The van der Waals surface area contributed by atoms with Crippen molar-refractivity contribution in [2.24, 2.45) is 0 Å². The Kier molecular flexibility index (Phi) is 11.8. The standard InChI is InChI=1S/C33H31Cl4N3O4S/c1-3-38-33(42)31(15-23-7-5-4-6-8-23)39(20-24-11-12-25(34)19-30(24)37)32(41)21-40(28-17-26(35)16-27(36)18-28)45(43,44)29-13-9-22(2)10-14-29/h4-14,16-19,31H,3,15,20-21H2,1-2H3,(H,38,42)/t31-/m1/s1. The summed E-state index contributed by atoms with van der Waals surface area (Å²) in [5.74, 6) is -1.06. The van der Waals surface area contributed by atoms with Crippen molar-refractivity contribution in [2.75, 3.05) is 17.4 Å². The predicted molar refractivity (Wildman–Crippen MR) is 182 cm³/mol. The Morgan fingerprint density at radius 1 is 0.822 bits per heavy atom. The number of nitrogens with one attached hydrogen (secondary N) is 1. The predicted octanol–water partition coefficient (Wildman–Crippen LogP) is 7.58. The average molecular weight is 708 g/mol. The van der Waals surface area contributed by atoms with E-state index in [2.05, 4.69) is 5.32 Å². The minimum Gasteiger partial charge on any atom is -0.355 e. The lowest BCUT2D eigenvalue weighted by Crippen LogP contribution is -2.53. The lowest BCUT2D eigenvalue weighted by atomic mass is 10.0. The van der Waals surface area contributed by atoms with E-state index in [1.54, 1.807) is 37.3 Å². The molecule has 12 heteroatoms. The van der Waals surface area contributed by atoms with Crippen molar-refractivity contribution in [3.8, 4) is 0 Å². The van der Waals surface area contributed by atoms with Crippen molar-refractivity contribution in [1.82, 2.24) is 10.2 Å². The Labute approximate surface area is 283 Å². The molecule has 0 aliphatic rings.